The molecule has 1 atom stereocenters. The molecule has 0 saturated heterocycles. The average molecular weight is 316 g/mol. The quantitative estimate of drug-likeness (QED) is 0.599. The van der Waals surface area contributed by atoms with Crippen LogP contribution in [-0.4, -0.2) is 29.1 Å². The van der Waals surface area contributed by atoms with E-state index in [1.165, 1.54) is 24.3 Å². The molecule has 7 heteroatoms. The van der Waals surface area contributed by atoms with E-state index in [1.54, 1.807) is 24.3 Å². The van der Waals surface area contributed by atoms with Gasteiger partial charge in [-0.05, 0) is 29.8 Å². The van der Waals surface area contributed by atoms with Gasteiger partial charge in [-0.25, -0.2) is 0 Å². The summed E-state index contributed by atoms with van der Waals surface area (Å²) in [5.74, 6) is 0.216. The van der Waals surface area contributed by atoms with Gasteiger partial charge in [0.15, 0.2) is 6.61 Å². The van der Waals surface area contributed by atoms with E-state index < -0.39 is 11.0 Å². The highest BCUT2D eigenvalue weighted by Gasteiger charge is 2.12. The van der Waals surface area contributed by atoms with Crippen LogP contribution in [0, 0.1) is 10.1 Å². The van der Waals surface area contributed by atoms with Gasteiger partial charge in [0.2, 0.25) is 0 Å². The largest absolute Gasteiger partial charge is 0.484 e. The van der Waals surface area contributed by atoms with Crippen LogP contribution in [0.15, 0.2) is 54.6 Å². The number of aliphatic hydroxyl groups is 1. The highest BCUT2D eigenvalue weighted by atomic mass is 16.6. The number of benzene rings is 2. The number of hydrogen-bond donors (Lipinski definition) is 2. The number of nitrogens with zero attached hydrogens (tertiary/aromatic N) is 1. The van der Waals surface area contributed by atoms with Gasteiger partial charge in [0.05, 0.1) is 11.0 Å². The van der Waals surface area contributed by atoms with Gasteiger partial charge in [0.25, 0.3) is 11.6 Å². The van der Waals surface area contributed by atoms with Crippen molar-refractivity contribution in [2.45, 2.75) is 6.10 Å². The van der Waals surface area contributed by atoms with Crippen molar-refractivity contribution in [3.63, 3.8) is 0 Å². The maximum atomic E-state index is 11.7. The van der Waals surface area contributed by atoms with Crippen LogP contribution in [0.3, 0.4) is 0 Å². The summed E-state index contributed by atoms with van der Waals surface area (Å²) in [5.41, 5.74) is 0.432. The predicted molar refractivity (Wildman–Crippen MR) is 83.0 cm³/mol. The second-order valence-electron chi connectivity index (χ2n) is 4.77. The highest BCUT2D eigenvalue weighted by Crippen LogP contribution is 2.17. The third-order valence-electron chi connectivity index (χ3n) is 3.09. The monoisotopic (exact) mass is 316 g/mol. The SMILES string of the molecule is O=C(COc1ccccc1)NCC(O)c1ccc([N+](=O)[O-])cc1. The van der Waals surface area contributed by atoms with E-state index in [-0.39, 0.29) is 24.7 Å². The van der Waals surface area contributed by atoms with E-state index in [1.807, 2.05) is 6.07 Å². The number of carbonyl (C=O) groups is 1. The number of amides is 1. The van der Waals surface area contributed by atoms with Crippen molar-refractivity contribution in [3.8, 4) is 5.75 Å². The Morgan fingerprint density at radius 2 is 1.83 bits per heavy atom. The first kappa shape index (κ1) is 16.4. The van der Waals surface area contributed by atoms with E-state index in [4.69, 9.17) is 4.74 Å². The molecule has 0 aliphatic rings. The molecule has 0 radical (unpaired) electrons. The summed E-state index contributed by atoms with van der Waals surface area (Å²) in [5, 5.41) is 23.1. The van der Waals surface area contributed by atoms with Gasteiger partial charge in [-0.3, -0.25) is 14.9 Å². The van der Waals surface area contributed by atoms with Gasteiger partial charge in [-0.2, -0.15) is 0 Å². The average Bonchev–Trinajstić information content (AvgIpc) is 2.58. The van der Waals surface area contributed by atoms with Crippen molar-refractivity contribution in [3.05, 3.63) is 70.3 Å². The third kappa shape index (κ3) is 5.08. The lowest BCUT2D eigenvalue weighted by atomic mass is 10.1. The van der Waals surface area contributed by atoms with Crippen LogP contribution in [0.2, 0.25) is 0 Å². The van der Waals surface area contributed by atoms with Gasteiger partial charge >= 0.3 is 0 Å². The summed E-state index contributed by atoms with van der Waals surface area (Å²) < 4.78 is 5.28. The van der Waals surface area contributed by atoms with Crippen molar-refractivity contribution in [1.29, 1.82) is 0 Å². The number of nitrogens with one attached hydrogen (secondary N) is 1. The number of nitro benzene ring substituents is 1. The maximum Gasteiger partial charge on any atom is 0.269 e. The van der Waals surface area contributed by atoms with Crippen LogP contribution in [0.1, 0.15) is 11.7 Å². The summed E-state index contributed by atoms with van der Waals surface area (Å²) in [6.07, 6.45) is -0.948. The minimum absolute atomic E-state index is 0.00516. The number of ether oxygens (including phenoxy) is 1. The number of aliphatic hydroxyl groups excluding tert-OH is 1. The Balaban J connectivity index is 1.78. The molecule has 2 aromatic rings. The molecule has 7 nitrogen and oxygen atoms in total. The van der Waals surface area contributed by atoms with E-state index >= 15 is 0 Å². The molecule has 0 saturated carbocycles. The van der Waals surface area contributed by atoms with Gasteiger partial charge < -0.3 is 15.2 Å². The first-order valence-electron chi connectivity index (χ1n) is 6.93. The van der Waals surface area contributed by atoms with Gasteiger partial charge in [0, 0.05) is 18.7 Å². The number of hydrogen-bond acceptors (Lipinski definition) is 5. The molecule has 0 spiro atoms. The molecule has 0 aliphatic carbocycles. The number of nitro groups is 1. The van der Waals surface area contributed by atoms with Gasteiger partial charge in [-0.1, -0.05) is 18.2 Å². The van der Waals surface area contributed by atoms with Crippen molar-refractivity contribution in [1.82, 2.24) is 5.32 Å². The molecule has 0 bridgehead atoms. The van der Waals surface area contributed by atoms with E-state index in [2.05, 4.69) is 5.32 Å². The molecule has 0 aromatic heterocycles. The first-order valence-corrected chi connectivity index (χ1v) is 6.93. The Labute approximate surface area is 132 Å². The lowest BCUT2D eigenvalue weighted by molar-refractivity contribution is -0.384. The van der Waals surface area contributed by atoms with E-state index in [0.717, 1.165) is 0 Å². The minimum Gasteiger partial charge on any atom is -0.484 e. The third-order valence-corrected chi connectivity index (χ3v) is 3.09. The molecule has 2 aromatic carbocycles. The Morgan fingerprint density at radius 1 is 1.17 bits per heavy atom. The summed E-state index contributed by atoms with van der Waals surface area (Å²) >= 11 is 0. The predicted octanol–water partition coefficient (Wildman–Crippen LogP) is 1.82. The normalized spacial score (nSPS) is 11.5. The van der Waals surface area contributed by atoms with Gasteiger partial charge in [-0.15, -0.1) is 0 Å². The molecular formula is C16H16N2O5. The fourth-order valence-corrected chi connectivity index (χ4v) is 1.86. The van der Waals surface area contributed by atoms with Crippen LogP contribution in [0.5, 0.6) is 5.75 Å². The smallest absolute Gasteiger partial charge is 0.269 e. The summed E-state index contributed by atoms with van der Waals surface area (Å²) in [6.45, 7) is -0.161. The highest BCUT2D eigenvalue weighted by molar-refractivity contribution is 5.77. The Hall–Kier alpha value is -2.93. The molecule has 2 rings (SSSR count). The van der Waals surface area contributed by atoms with Crippen LogP contribution in [0.25, 0.3) is 0 Å². The summed E-state index contributed by atoms with van der Waals surface area (Å²) in [7, 11) is 0. The molecular weight excluding hydrogens is 300 g/mol. The Morgan fingerprint density at radius 3 is 2.43 bits per heavy atom. The van der Waals surface area contributed by atoms with E-state index in [9.17, 15) is 20.0 Å². The Kier molecular flexibility index (Phi) is 5.65. The Bertz CT molecular complexity index is 658. The molecule has 0 fully saturated rings. The molecule has 0 aliphatic heterocycles. The molecule has 23 heavy (non-hydrogen) atoms. The summed E-state index contributed by atoms with van der Waals surface area (Å²) in [4.78, 5) is 21.7. The molecule has 2 N–H and O–H groups in total. The molecule has 1 amide bonds. The van der Waals surface area contributed by atoms with Crippen LogP contribution >= 0.6 is 0 Å². The maximum absolute atomic E-state index is 11.7. The van der Waals surface area contributed by atoms with Crippen molar-refractivity contribution < 1.29 is 19.6 Å². The number of rotatable bonds is 7. The second kappa shape index (κ2) is 7.90. The number of para-hydroxylation sites is 1. The zero-order valence-corrected chi connectivity index (χ0v) is 12.2. The molecule has 0 heterocycles. The van der Waals surface area contributed by atoms with Crippen molar-refractivity contribution in [2.75, 3.05) is 13.2 Å². The zero-order chi connectivity index (χ0) is 16.7. The minimum atomic E-state index is -0.948. The van der Waals surface area contributed by atoms with Crippen LogP contribution < -0.4 is 10.1 Å². The number of non-ortho nitro benzene ring substituents is 1. The summed E-state index contributed by atoms with van der Waals surface area (Å²) in [6, 6.07) is 14.4. The first-order chi connectivity index (χ1) is 11.1. The standard InChI is InChI=1S/C16H16N2O5/c19-15(12-6-8-13(9-7-12)18(21)22)10-17-16(20)11-23-14-4-2-1-3-5-14/h1-9,15,19H,10-11H2,(H,17,20). The zero-order valence-electron chi connectivity index (χ0n) is 12.2. The van der Waals surface area contributed by atoms with Crippen molar-refractivity contribution in [2.24, 2.45) is 0 Å². The van der Waals surface area contributed by atoms with Crippen LogP contribution in [0.4, 0.5) is 5.69 Å². The fraction of sp³-hybridized carbons (Fsp3) is 0.188. The second-order valence-corrected chi connectivity index (χ2v) is 4.77. The lowest BCUT2D eigenvalue weighted by Crippen LogP contribution is -2.32. The van der Waals surface area contributed by atoms with E-state index in [0.29, 0.717) is 11.3 Å². The lowest BCUT2D eigenvalue weighted by Gasteiger charge is -2.12. The van der Waals surface area contributed by atoms with Crippen molar-refractivity contribution >= 4 is 11.6 Å². The fourth-order valence-electron chi connectivity index (χ4n) is 1.86. The molecule has 1 unspecified atom stereocenters. The van der Waals surface area contributed by atoms with Gasteiger partial charge in [0.1, 0.15) is 5.75 Å². The van der Waals surface area contributed by atoms with Crippen LogP contribution in [-0.2, 0) is 4.79 Å². The number of carbonyl (C=O) groups excluding carboxylic acids is 1. The topological polar surface area (TPSA) is 102 Å². The molecule has 120 valence electrons.